The average Bonchev–Trinajstić information content (AvgIpc) is 3.28. The molecule has 154 valence electrons. The highest BCUT2D eigenvalue weighted by molar-refractivity contribution is 5.81. The standard InChI is InChI=1S/C24H28FNO3/c25-21-3-1-4-22(16-21)29-17-20-8-6-18(7-9-20)15-19-10-12-26(13-11-19)24(27)23-5-2-14-28-23/h1,3-4,6-9,16,19,23H,2,5,10-15,17H2. The summed E-state index contributed by atoms with van der Waals surface area (Å²) in [4.78, 5) is 14.4. The molecule has 2 aliphatic rings. The van der Waals surface area contributed by atoms with Gasteiger partial charge in [0.2, 0.25) is 0 Å². The third-order valence-corrected chi connectivity index (χ3v) is 5.88. The number of hydrogen-bond acceptors (Lipinski definition) is 3. The van der Waals surface area contributed by atoms with Crippen LogP contribution in [0.15, 0.2) is 48.5 Å². The van der Waals surface area contributed by atoms with Crippen molar-refractivity contribution < 1.29 is 18.7 Å². The zero-order valence-electron chi connectivity index (χ0n) is 16.7. The van der Waals surface area contributed by atoms with Crippen molar-refractivity contribution in [3.8, 4) is 5.75 Å². The number of nitrogens with zero attached hydrogens (tertiary/aromatic N) is 1. The molecule has 2 heterocycles. The summed E-state index contributed by atoms with van der Waals surface area (Å²) in [7, 11) is 0. The van der Waals surface area contributed by atoms with Gasteiger partial charge in [-0.2, -0.15) is 0 Å². The molecule has 0 aromatic heterocycles. The van der Waals surface area contributed by atoms with Gasteiger partial charge < -0.3 is 14.4 Å². The number of rotatable bonds is 6. The highest BCUT2D eigenvalue weighted by atomic mass is 19.1. The SMILES string of the molecule is O=C(C1CCCO1)N1CCC(Cc2ccc(COc3cccc(F)c3)cc2)CC1. The molecule has 0 aliphatic carbocycles. The lowest BCUT2D eigenvalue weighted by Gasteiger charge is -2.33. The van der Waals surface area contributed by atoms with Gasteiger partial charge in [0.1, 0.15) is 24.3 Å². The van der Waals surface area contributed by atoms with Crippen molar-refractivity contribution in [2.24, 2.45) is 5.92 Å². The van der Waals surface area contributed by atoms with E-state index < -0.39 is 0 Å². The number of benzene rings is 2. The second-order valence-corrected chi connectivity index (χ2v) is 8.04. The van der Waals surface area contributed by atoms with E-state index in [1.165, 1.54) is 17.7 Å². The molecular weight excluding hydrogens is 369 g/mol. The van der Waals surface area contributed by atoms with Crippen molar-refractivity contribution >= 4 is 5.91 Å². The first kappa shape index (κ1) is 19.9. The minimum Gasteiger partial charge on any atom is -0.489 e. The topological polar surface area (TPSA) is 38.8 Å². The molecule has 2 aromatic rings. The second-order valence-electron chi connectivity index (χ2n) is 8.04. The van der Waals surface area contributed by atoms with Gasteiger partial charge in [-0.3, -0.25) is 4.79 Å². The first-order valence-corrected chi connectivity index (χ1v) is 10.5. The van der Waals surface area contributed by atoms with Crippen LogP contribution in [0.2, 0.25) is 0 Å². The number of amides is 1. The first-order valence-electron chi connectivity index (χ1n) is 10.5. The highest BCUT2D eigenvalue weighted by Gasteiger charge is 2.30. The van der Waals surface area contributed by atoms with Crippen molar-refractivity contribution in [2.75, 3.05) is 19.7 Å². The third kappa shape index (κ3) is 5.36. The molecule has 0 radical (unpaired) electrons. The maximum Gasteiger partial charge on any atom is 0.251 e. The Morgan fingerprint density at radius 2 is 1.83 bits per heavy atom. The Morgan fingerprint density at radius 1 is 1.07 bits per heavy atom. The molecule has 1 unspecified atom stereocenters. The molecule has 0 spiro atoms. The van der Waals surface area contributed by atoms with Crippen LogP contribution in [0.5, 0.6) is 5.75 Å². The minimum atomic E-state index is -0.290. The van der Waals surface area contributed by atoms with Gasteiger partial charge in [-0.15, -0.1) is 0 Å². The van der Waals surface area contributed by atoms with E-state index in [2.05, 4.69) is 24.3 Å². The van der Waals surface area contributed by atoms with Crippen LogP contribution in [0.1, 0.15) is 36.8 Å². The summed E-state index contributed by atoms with van der Waals surface area (Å²) >= 11 is 0. The minimum absolute atomic E-state index is 0.184. The number of ether oxygens (including phenoxy) is 2. The molecule has 1 atom stereocenters. The molecular formula is C24H28FNO3. The number of likely N-dealkylation sites (tertiary alicyclic amines) is 1. The van der Waals surface area contributed by atoms with E-state index in [9.17, 15) is 9.18 Å². The van der Waals surface area contributed by atoms with Crippen molar-refractivity contribution in [1.82, 2.24) is 4.90 Å². The fourth-order valence-corrected chi connectivity index (χ4v) is 4.16. The fraction of sp³-hybridized carbons (Fsp3) is 0.458. The van der Waals surface area contributed by atoms with E-state index in [0.717, 1.165) is 57.4 Å². The molecule has 0 bridgehead atoms. The molecule has 2 fully saturated rings. The zero-order chi connectivity index (χ0) is 20.1. The van der Waals surface area contributed by atoms with Crippen LogP contribution in [-0.4, -0.2) is 36.6 Å². The van der Waals surface area contributed by atoms with E-state index in [4.69, 9.17) is 9.47 Å². The molecule has 5 heteroatoms. The van der Waals surface area contributed by atoms with E-state index in [-0.39, 0.29) is 17.8 Å². The van der Waals surface area contributed by atoms with Crippen LogP contribution in [0, 0.1) is 11.7 Å². The predicted molar refractivity (Wildman–Crippen MR) is 109 cm³/mol. The van der Waals surface area contributed by atoms with Crippen LogP contribution in [0.25, 0.3) is 0 Å². The van der Waals surface area contributed by atoms with Crippen LogP contribution in [0.3, 0.4) is 0 Å². The zero-order valence-corrected chi connectivity index (χ0v) is 16.7. The van der Waals surface area contributed by atoms with E-state index >= 15 is 0 Å². The van der Waals surface area contributed by atoms with Crippen molar-refractivity contribution in [3.05, 3.63) is 65.5 Å². The predicted octanol–water partition coefficient (Wildman–Crippen LogP) is 4.36. The summed E-state index contributed by atoms with van der Waals surface area (Å²) in [6, 6.07) is 14.6. The third-order valence-electron chi connectivity index (χ3n) is 5.88. The molecule has 0 saturated carbocycles. The lowest BCUT2D eigenvalue weighted by Crippen LogP contribution is -2.44. The first-order chi connectivity index (χ1) is 14.2. The number of carbonyl (C=O) groups excluding carboxylic acids is 1. The van der Waals surface area contributed by atoms with E-state index in [1.807, 2.05) is 4.90 Å². The normalized spacial score (nSPS) is 20.0. The monoisotopic (exact) mass is 397 g/mol. The second kappa shape index (κ2) is 9.40. The van der Waals surface area contributed by atoms with Gasteiger partial charge in [-0.05, 0) is 61.3 Å². The number of halogens is 1. The Morgan fingerprint density at radius 3 is 2.52 bits per heavy atom. The summed E-state index contributed by atoms with van der Waals surface area (Å²) in [5.41, 5.74) is 2.37. The fourth-order valence-electron chi connectivity index (χ4n) is 4.16. The van der Waals surface area contributed by atoms with Gasteiger partial charge in [0.15, 0.2) is 0 Å². The smallest absolute Gasteiger partial charge is 0.251 e. The van der Waals surface area contributed by atoms with Gasteiger partial charge >= 0.3 is 0 Å². The summed E-state index contributed by atoms with van der Waals surface area (Å²) in [5, 5.41) is 0. The van der Waals surface area contributed by atoms with Crippen LogP contribution in [0.4, 0.5) is 4.39 Å². The molecule has 0 N–H and O–H groups in total. The molecule has 2 aliphatic heterocycles. The van der Waals surface area contributed by atoms with E-state index in [1.54, 1.807) is 12.1 Å². The Labute approximate surface area is 171 Å². The number of piperidine rings is 1. The average molecular weight is 397 g/mol. The Balaban J connectivity index is 1.22. The summed E-state index contributed by atoms with van der Waals surface area (Å²) < 4.78 is 24.4. The van der Waals surface area contributed by atoms with Gasteiger partial charge in [0, 0.05) is 25.8 Å². The summed E-state index contributed by atoms with van der Waals surface area (Å²) in [6.07, 6.45) is 4.79. The molecule has 2 saturated heterocycles. The van der Waals surface area contributed by atoms with Crippen LogP contribution >= 0.6 is 0 Å². The van der Waals surface area contributed by atoms with Gasteiger partial charge in [-0.1, -0.05) is 30.3 Å². The highest BCUT2D eigenvalue weighted by Crippen LogP contribution is 2.24. The van der Waals surface area contributed by atoms with E-state index in [0.29, 0.717) is 18.3 Å². The maximum absolute atomic E-state index is 13.2. The molecule has 29 heavy (non-hydrogen) atoms. The maximum atomic E-state index is 13.2. The molecule has 4 nitrogen and oxygen atoms in total. The quantitative estimate of drug-likeness (QED) is 0.727. The lowest BCUT2D eigenvalue weighted by molar-refractivity contribution is -0.142. The van der Waals surface area contributed by atoms with Crippen LogP contribution < -0.4 is 4.74 Å². The summed E-state index contributed by atoms with van der Waals surface area (Å²) in [5.74, 6) is 1.04. The Hall–Kier alpha value is -2.40. The molecule has 4 rings (SSSR count). The van der Waals surface area contributed by atoms with Crippen molar-refractivity contribution in [2.45, 2.75) is 44.8 Å². The van der Waals surface area contributed by atoms with Crippen molar-refractivity contribution in [3.63, 3.8) is 0 Å². The van der Waals surface area contributed by atoms with Crippen LogP contribution in [-0.2, 0) is 22.6 Å². The van der Waals surface area contributed by atoms with Crippen molar-refractivity contribution in [1.29, 1.82) is 0 Å². The van der Waals surface area contributed by atoms with Gasteiger partial charge in [-0.25, -0.2) is 4.39 Å². The van der Waals surface area contributed by atoms with Gasteiger partial charge in [0.25, 0.3) is 5.91 Å². The van der Waals surface area contributed by atoms with Gasteiger partial charge in [0.05, 0.1) is 0 Å². The lowest BCUT2D eigenvalue weighted by atomic mass is 9.89. The Bertz CT molecular complexity index is 809. The molecule has 1 amide bonds. The summed E-state index contributed by atoms with van der Waals surface area (Å²) in [6.45, 7) is 2.81. The number of carbonyl (C=O) groups is 1. The molecule has 2 aromatic carbocycles. The Kier molecular flexibility index (Phi) is 6.45. The number of hydrogen-bond donors (Lipinski definition) is 0. The largest absolute Gasteiger partial charge is 0.489 e.